The van der Waals surface area contributed by atoms with Gasteiger partial charge < -0.3 is 15.2 Å². The van der Waals surface area contributed by atoms with E-state index in [1.807, 2.05) is 6.92 Å². The maximum absolute atomic E-state index is 9.23. The minimum atomic E-state index is -0.176. The van der Waals surface area contributed by atoms with Gasteiger partial charge in [0.05, 0.1) is 6.10 Å². The molecule has 1 saturated heterocycles. The molecule has 0 saturated carbocycles. The summed E-state index contributed by atoms with van der Waals surface area (Å²) in [5.41, 5.74) is 0. The second-order valence-corrected chi connectivity index (χ2v) is 4.90. The molecular formula is C12H25NO2. The lowest BCUT2D eigenvalue weighted by molar-refractivity contribution is 0.0659. The van der Waals surface area contributed by atoms with Crippen molar-refractivity contribution in [1.82, 2.24) is 5.32 Å². The molecule has 0 spiro atoms. The van der Waals surface area contributed by atoms with Crippen molar-refractivity contribution in [2.75, 3.05) is 26.3 Å². The average molecular weight is 215 g/mol. The zero-order valence-corrected chi connectivity index (χ0v) is 10.0. The van der Waals surface area contributed by atoms with Gasteiger partial charge in [-0.15, -0.1) is 0 Å². The van der Waals surface area contributed by atoms with Crippen LogP contribution in [0, 0.1) is 11.8 Å². The molecule has 0 amide bonds. The first-order chi connectivity index (χ1) is 7.18. The van der Waals surface area contributed by atoms with Crippen LogP contribution in [0.1, 0.15) is 33.1 Å². The largest absolute Gasteiger partial charge is 0.393 e. The van der Waals surface area contributed by atoms with E-state index in [0.29, 0.717) is 5.92 Å². The Morgan fingerprint density at radius 1 is 1.33 bits per heavy atom. The molecule has 2 atom stereocenters. The van der Waals surface area contributed by atoms with Crippen molar-refractivity contribution in [2.45, 2.75) is 39.2 Å². The predicted molar refractivity (Wildman–Crippen MR) is 61.9 cm³/mol. The van der Waals surface area contributed by atoms with E-state index in [4.69, 9.17) is 4.74 Å². The summed E-state index contributed by atoms with van der Waals surface area (Å²) < 4.78 is 5.32. The zero-order valence-electron chi connectivity index (χ0n) is 10.0. The maximum Gasteiger partial charge on any atom is 0.0515 e. The van der Waals surface area contributed by atoms with Crippen LogP contribution in [-0.4, -0.2) is 37.5 Å². The van der Waals surface area contributed by atoms with Crippen molar-refractivity contribution in [3.8, 4) is 0 Å². The Bertz CT molecular complexity index is 156. The molecule has 0 aromatic carbocycles. The minimum absolute atomic E-state index is 0.176. The summed E-state index contributed by atoms with van der Waals surface area (Å²) in [6, 6.07) is 0. The highest BCUT2D eigenvalue weighted by molar-refractivity contribution is 4.67. The van der Waals surface area contributed by atoms with Crippen molar-refractivity contribution >= 4 is 0 Å². The van der Waals surface area contributed by atoms with E-state index in [0.717, 1.165) is 38.6 Å². The second-order valence-electron chi connectivity index (χ2n) is 4.90. The molecule has 1 aliphatic rings. The molecule has 0 radical (unpaired) electrons. The molecule has 0 bridgehead atoms. The van der Waals surface area contributed by atoms with Gasteiger partial charge in [-0.3, -0.25) is 0 Å². The van der Waals surface area contributed by atoms with Gasteiger partial charge in [0.2, 0.25) is 0 Å². The van der Waals surface area contributed by atoms with Gasteiger partial charge in [-0.2, -0.15) is 0 Å². The number of nitrogens with one attached hydrogen (secondary N) is 1. The molecule has 2 unspecified atom stereocenters. The smallest absolute Gasteiger partial charge is 0.0515 e. The number of rotatable bonds is 6. The van der Waals surface area contributed by atoms with Crippen LogP contribution >= 0.6 is 0 Å². The van der Waals surface area contributed by atoms with Crippen molar-refractivity contribution in [1.29, 1.82) is 0 Å². The Kier molecular flexibility index (Phi) is 6.22. The molecule has 2 N–H and O–H groups in total. The molecule has 0 aromatic heterocycles. The molecule has 1 heterocycles. The molecule has 3 nitrogen and oxygen atoms in total. The first kappa shape index (κ1) is 12.9. The molecule has 1 aliphatic heterocycles. The number of hydrogen-bond donors (Lipinski definition) is 2. The topological polar surface area (TPSA) is 41.5 Å². The minimum Gasteiger partial charge on any atom is -0.393 e. The summed E-state index contributed by atoms with van der Waals surface area (Å²) in [6.07, 6.45) is 3.10. The second kappa shape index (κ2) is 7.20. The Balaban J connectivity index is 1.99. The third-order valence-electron chi connectivity index (χ3n) is 3.01. The molecule has 0 aromatic rings. The van der Waals surface area contributed by atoms with Gasteiger partial charge in [-0.05, 0) is 51.1 Å². The quantitative estimate of drug-likeness (QED) is 0.704. The first-order valence-electron chi connectivity index (χ1n) is 6.15. The van der Waals surface area contributed by atoms with Gasteiger partial charge in [-0.1, -0.05) is 6.92 Å². The summed E-state index contributed by atoms with van der Waals surface area (Å²) >= 11 is 0. The van der Waals surface area contributed by atoms with E-state index in [-0.39, 0.29) is 6.10 Å². The zero-order chi connectivity index (χ0) is 11.1. The summed E-state index contributed by atoms with van der Waals surface area (Å²) in [5.74, 6) is 1.35. The number of aliphatic hydroxyl groups is 1. The van der Waals surface area contributed by atoms with Gasteiger partial charge >= 0.3 is 0 Å². The average Bonchev–Trinajstić information content (AvgIpc) is 2.18. The molecule has 1 fully saturated rings. The van der Waals surface area contributed by atoms with E-state index in [2.05, 4.69) is 12.2 Å². The van der Waals surface area contributed by atoms with Crippen LogP contribution in [0.15, 0.2) is 0 Å². The van der Waals surface area contributed by atoms with Crippen LogP contribution in [-0.2, 0) is 4.74 Å². The van der Waals surface area contributed by atoms with Crippen LogP contribution in [0.25, 0.3) is 0 Å². The molecule has 3 heteroatoms. The van der Waals surface area contributed by atoms with E-state index in [9.17, 15) is 5.11 Å². The molecule has 0 aliphatic carbocycles. The van der Waals surface area contributed by atoms with E-state index < -0.39 is 0 Å². The highest BCUT2D eigenvalue weighted by atomic mass is 16.5. The monoisotopic (exact) mass is 215 g/mol. The Morgan fingerprint density at radius 3 is 2.60 bits per heavy atom. The summed E-state index contributed by atoms with van der Waals surface area (Å²) in [5, 5.41) is 12.7. The lowest BCUT2D eigenvalue weighted by Gasteiger charge is -2.23. The Morgan fingerprint density at radius 2 is 2.00 bits per heavy atom. The fourth-order valence-electron chi connectivity index (χ4n) is 2.15. The van der Waals surface area contributed by atoms with Gasteiger partial charge in [0.15, 0.2) is 0 Å². The number of aliphatic hydroxyl groups excluding tert-OH is 1. The van der Waals surface area contributed by atoms with Gasteiger partial charge in [0, 0.05) is 13.2 Å². The molecule has 1 rings (SSSR count). The summed E-state index contributed by atoms with van der Waals surface area (Å²) in [7, 11) is 0. The van der Waals surface area contributed by atoms with Gasteiger partial charge in [-0.25, -0.2) is 0 Å². The number of hydrogen-bond acceptors (Lipinski definition) is 3. The van der Waals surface area contributed by atoms with Crippen molar-refractivity contribution in [3.05, 3.63) is 0 Å². The SMILES string of the molecule is CC(O)CC(C)CNCC1CCOCC1. The van der Waals surface area contributed by atoms with Gasteiger partial charge in [0.25, 0.3) is 0 Å². The fraction of sp³-hybridized carbons (Fsp3) is 1.00. The first-order valence-corrected chi connectivity index (χ1v) is 6.15. The van der Waals surface area contributed by atoms with E-state index >= 15 is 0 Å². The van der Waals surface area contributed by atoms with Crippen LogP contribution in [0.2, 0.25) is 0 Å². The van der Waals surface area contributed by atoms with E-state index in [1.165, 1.54) is 12.8 Å². The third kappa shape index (κ3) is 6.13. The molecular weight excluding hydrogens is 190 g/mol. The highest BCUT2D eigenvalue weighted by Gasteiger charge is 2.13. The fourth-order valence-corrected chi connectivity index (χ4v) is 2.15. The maximum atomic E-state index is 9.23. The third-order valence-corrected chi connectivity index (χ3v) is 3.01. The predicted octanol–water partition coefficient (Wildman–Crippen LogP) is 1.41. The number of ether oxygens (including phenoxy) is 1. The van der Waals surface area contributed by atoms with Gasteiger partial charge in [0.1, 0.15) is 0 Å². The summed E-state index contributed by atoms with van der Waals surface area (Å²) in [6.45, 7) is 8.01. The van der Waals surface area contributed by atoms with Crippen LogP contribution in [0.3, 0.4) is 0 Å². The highest BCUT2D eigenvalue weighted by Crippen LogP contribution is 2.13. The Labute approximate surface area is 93.2 Å². The van der Waals surface area contributed by atoms with Crippen LogP contribution in [0.4, 0.5) is 0 Å². The standard InChI is InChI=1S/C12H25NO2/c1-10(7-11(2)14)8-13-9-12-3-5-15-6-4-12/h10-14H,3-9H2,1-2H3. The van der Waals surface area contributed by atoms with E-state index in [1.54, 1.807) is 0 Å². The lowest BCUT2D eigenvalue weighted by Crippen LogP contribution is -2.31. The van der Waals surface area contributed by atoms with Crippen LogP contribution in [0.5, 0.6) is 0 Å². The summed E-state index contributed by atoms with van der Waals surface area (Å²) in [4.78, 5) is 0. The molecule has 90 valence electrons. The van der Waals surface area contributed by atoms with Crippen LogP contribution < -0.4 is 5.32 Å². The Hall–Kier alpha value is -0.120. The lowest BCUT2D eigenvalue weighted by atomic mass is 9.99. The van der Waals surface area contributed by atoms with Crippen molar-refractivity contribution in [3.63, 3.8) is 0 Å². The normalized spacial score (nSPS) is 22.6. The van der Waals surface area contributed by atoms with Crippen molar-refractivity contribution < 1.29 is 9.84 Å². The van der Waals surface area contributed by atoms with Crippen molar-refractivity contribution in [2.24, 2.45) is 11.8 Å². The molecule has 15 heavy (non-hydrogen) atoms.